The highest BCUT2D eigenvalue weighted by atomic mass is 79.9. The number of aryl methyl sites for hydroxylation is 1. The van der Waals surface area contributed by atoms with E-state index in [0.717, 1.165) is 36.0 Å². The molecule has 0 unspecified atom stereocenters. The zero-order valence-electron chi connectivity index (χ0n) is 17.4. The quantitative estimate of drug-likeness (QED) is 0.242. The van der Waals surface area contributed by atoms with Gasteiger partial charge >= 0.3 is 5.97 Å². The van der Waals surface area contributed by atoms with Gasteiger partial charge in [-0.2, -0.15) is 0 Å². The number of carbonyl (C=O) groups is 1. The van der Waals surface area contributed by atoms with Crippen LogP contribution in [-0.2, 0) is 17.8 Å². The molecular formula is C22H21BrClN3O4S. The van der Waals surface area contributed by atoms with Gasteiger partial charge < -0.3 is 14.6 Å². The van der Waals surface area contributed by atoms with E-state index in [1.807, 2.05) is 19.1 Å². The van der Waals surface area contributed by atoms with Crippen molar-refractivity contribution >= 4 is 51.3 Å². The van der Waals surface area contributed by atoms with Gasteiger partial charge in [-0.25, -0.2) is 9.78 Å². The molecule has 3 rings (SSSR count). The van der Waals surface area contributed by atoms with Crippen molar-refractivity contribution in [3.8, 4) is 11.5 Å². The molecular weight excluding hydrogens is 518 g/mol. The Morgan fingerprint density at radius 3 is 2.72 bits per heavy atom. The highest BCUT2D eigenvalue weighted by molar-refractivity contribution is 9.10. The molecule has 7 nitrogen and oxygen atoms in total. The minimum Gasteiger partial charge on any atom is -0.493 e. The van der Waals surface area contributed by atoms with Crippen LogP contribution in [0, 0.1) is 0 Å². The monoisotopic (exact) mass is 537 g/mol. The van der Waals surface area contributed by atoms with Gasteiger partial charge in [0.25, 0.3) is 0 Å². The third-order valence-electron chi connectivity index (χ3n) is 4.26. The second-order valence-electron chi connectivity index (χ2n) is 6.68. The van der Waals surface area contributed by atoms with Gasteiger partial charge in [-0.15, -0.1) is 5.10 Å². The normalized spacial score (nSPS) is 11.4. The van der Waals surface area contributed by atoms with Crippen LogP contribution in [0.4, 0.5) is 0 Å². The Hall–Kier alpha value is -2.49. The number of hydrogen-bond acceptors (Lipinski definition) is 6. The summed E-state index contributed by atoms with van der Waals surface area (Å²) < 4.78 is 12.0. The number of aromatic amines is 1. The molecule has 0 aliphatic carbocycles. The van der Waals surface area contributed by atoms with Crippen molar-refractivity contribution < 1.29 is 19.4 Å². The molecule has 1 aromatic heterocycles. The number of aliphatic carboxylic acids is 1. The number of thioether (sulfide) groups is 1. The number of hydrogen-bond donors (Lipinski definition) is 2. The van der Waals surface area contributed by atoms with Gasteiger partial charge in [0.15, 0.2) is 11.5 Å². The summed E-state index contributed by atoms with van der Waals surface area (Å²) >= 11 is 10.4. The molecule has 0 fully saturated rings. The molecule has 0 radical (unpaired) electrons. The number of carboxylic acid groups (broad SMARTS) is 1. The summed E-state index contributed by atoms with van der Waals surface area (Å²) in [6.07, 6.45) is 3.21. The lowest BCUT2D eigenvalue weighted by Crippen LogP contribution is -2.00. The number of nitrogens with zero attached hydrogens (tertiary/aromatic N) is 2. The molecule has 0 spiro atoms. The molecule has 0 aliphatic heterocycles. The Labute approximate surface area is 203 Å². The van der Waals surface area contributed by atoms with Gasteiger partial charge in [-0.05, 0) is 75.6 Å². The molecule has 3 aromatic rings. The van der Waals surface area contributed by atoms with Crippen LogP contribution in [-0.4, -0.2) is 33.4 Å². The van der Waals surface area contributed by atoms with Crippen LogP contribution in [0.3, 0.4) is 0 Å². The number of halogens is 2. The lowest BCUT2D eigenvalue weighted by atomic mass is 10.2. The number of methoxy groups -OCH3 is 1. The van der Waals surface area contributed by atoms with Crippen molar-refractivity contribution in [3.63, 3.8) is 0 Å². The second-order valence-corrected chi connectivity index (χ2v) is 8.98. The lowest BCUT2D eigenvalue weighted by molar-refractivity contribution is -0.131. The van der Waals surface area contributed by atoms with E-state index in [9.17, 15) is 9.90 Å². The van der Waals surface area contributed by atoms with Crippen molar-refractivity contribution in [1.82, 2.24) is 15.2 Å². The average molecular weight is 539 g/mol. The largest absolute Gasteiger partial charge is 0.493 e. The number of H-pyrrole nitrogens is 1. The van der Waals surface area contributed by atoms with E-state index in [1.54, 1.807) is 30.3 Å². The van der Waals surface area contributed by atoms with Crippen molar-refractivity contribution in [2.75, 3.05) is 7.11 Å². The van der Waals surface area contributed by atoms with Gasteiger partial charge in [-0.3, -0.25) is 5.10 Å². The number of aromatic nitrogens is 3. The number of rotatable bonds is 10. The van der Waals surface area contributed by atoms with E-state index < -0.39 is 5.97 Å². The van der Waals surface area contributed by atoms with Crippen molar-refractivity contribution in [2.45, 2.75) is 31.5 Å². The van der Waals surface area contributed by atoms with Crippen LogP contribution < -0.4 is 9.47 Å². The molecule has 10 heteroatoms. The first-order valence-corrected chi connectivity index (χ1v) is 11.7. The molecule has 0 saturated heterocycles. The fourth-order valence-corrected chi connectivity index (χ4v) is 4.18. The number of benzene rings is 2. The molecule has 0 amide bonds. The minimum absolute atomic E-state index is 0.0795. The maximum atomic E-state index is 11.8. The van der Waals surface area contributed by atoms with Crippen LogP contribution in [0.2, 0.25) is 5.02 Å². The van der Waals surface area contributed by atoms with E-state index in [4.69, 9.17) is 21.1 Å². The van der Waals surface area contributed by atoms with E-state index in [1.165, 1.54) is 7.11 Å². The van der Waals surface area contributed by atoms with Crippen LogP contribution >= 0.6 is 39.3 Å². The number of carboxylic acids is 1. The summed E-state index contributed by atoms with van der Waals surface area (Å²) in [5.41, 5.74) is 1.58. The number of ether oxygens (including phenoxy) is 2. The Morgan fingerprint density at radius 1 is 1.31 bits per heavy atom. The first-order valence-electron chi connectivity index (χ1n) is 9.68. The first-order chi connectivity index (χ1) is 15.4. The van der Waals surface area contributed by atoms with Gasteiger partial charge in [-0.1, -0.05) is 30.7 Å². The Kier molecular flexibility index (Phi) is 8.60. The molecule has 0 bridgehead atoms. The number of nitrogens with one attached hydrogen (secondary N) is 1. The summed E-state index contributed by atoms with van der Waals surface area (Å²) in [5.74, 6) is 0.640. The van der Waals surface area contributed by atoms with Gasteiger partial charge in [0.2, 0.25) is 5.16 Å². The Bertz CT molecular complexity index is 1120. The molecule has 32 heavy (non-hydrogen) atoms. The second kappa shape index (κ2) is 11.4. The van der Waals surface area contributed by atoms with Gasteiger partial charge in [0.1, 0.15) is 17.3 Å². The maximum Gasteiger partial charge on any atom is 0.342 e. The highest BCUT2D eigenvalue weighted by Gasteiger charge is 2.16. The molecule has 0 atom stereocenters. The fraction of sp³-hybridized carbons (Fsp3) is 0.227. The minimum atomic E-state index is -1.07. The molecule has 168 valence electrons. The van der Waals surface area contributed by atoms with E-state index >= 15 is 0 Å². The van der Waals surface area contributed by atoms with Crippen LogP contribution in [0.15, 0.2) is 50.9 Å². The molecule has 0 saturated carbocycles. The van der Waals surface area contributed by atoms with E-state index in [-0.39, 0.29) is 4.91 Å². The summed E-state index contributed by atoms with van der Waals surface area (Å²) in [6.45, 7) is 2.36. The van der Waals surface area contributed by atoms with Crippen molar-refractivity contribution in [3.05, 3.63) is 67.7 Å². The predicted molar refractivity (Wildman–Crippen MR) is 128 cm³/mol. The zero-order chi connectivity index (χ0) is 23.1. The van der Waals surface area contributed by atoms with Crippen molar-refractivity contribution in [2.24, 2.45) is 0 Å². The van der Waals surface area contributed by atoms with Crippen LogP contribution in [0.25, 0.3) is 6.08 Å². The van der Waals surface area contributed by atoms with Crippen LogP contribution in [0.1, 0.15) is 30.3 Å². The van der Waals surface area contributed by atoms with Gasteiger partial charge in [0, 0.05) is 11.4 Å². The topological polar surface area (TPSA) is 97.3 Å². The van der Waals surface area contributed by atoms with Crippen molar-refractivity contribution in [1.29, 1.82) is 0 Å². The SMILES string of the molecule is CCCc1nc(S/C(=C\c2cc(Br)c(OCc3ccc(Cl)cc3)c(OC)c2)C(=O)O)n[nH]1. The standard InChI is InChI=1S/C22H21BrClN3O4S/c1-3-4-19-25-22(27-26-19)32-18(21(28)29)11-14-9-16(23)20(17(10-14)30-2)31-12-13-5-7-15(24)8-6-13/h5-11H,3-4,12H2,1-2H3,(H,28,29)(H,25,26,27)/b18-11-. The first kappa shape index (κ1) is 24.2. The smallest absolute Gasteiger partial charge is 0.342 e. The Morgan fingerprint density at radius 2 is 2.06 bits per heavy atom. The lowest BCUT2D eigenvalue weighted by Gasteiger charge is -2.14. The summed E-state index contributed by atoms with van der Waals surface area (Å²) in [6, 6.07) is 10.8. The zero-order valence-corrected chi connectivity index (χ0v) is 20.6. The third kappa shape index (κ3) is 6.51. The third-order valence-corrected chi connectivity index (χ3v) is 5.97. The van der Waals surface area contributed by atoms with E-state index in [2.05, 4.69) is 31.1 Å². The molecule has 0 aliphatic rings. The fourth-order valence-electron chi connectivity index (χ4n) is 2.76. The Balaban J connectivity index is 1.82. The summed E-state index contributed by atoms with van der Waals surface area (Å²) in [7, 11) is 1.53. The summed E-state index contributed by atoms with van der Waals surface area (Å²) in [5, 5.41) is 17.6. The van der Waals surface area contributed by atoms with Gasteiger partial charge in [0.05, 0.1) is 11.6 Å². The predicted octanol–water partition coefficient (Wildman–Crippen LogP) is 5.98. The highest BCUT2D eigenvalue weighted by Crippen LogP contribution is 2.38. The molecule has 1 heterocycles. The summed E-state index contributed by atoms with van der Waals surface area (Å²) in [4.78, 5) is 16.2. The average Bonchev–Trinajstić information content (AvgIpc) is 3.20. The van der Waals surface area contributed by atoms with E-state index in [0.29, 0.717) is 38.3 Å². The molecule has 2 N–H and O–H groups in total. The molecule has 2 aromatic carbocycles. The van der Waals surface area contributed by atoms with Crippen LogP contribution in [0.5, 0.6) is 11.5 Å². The maximum absolute atomic E-state index is 11.8.